The molecule has 0 radical (unpaired) electrons. The highest BCUT2D eigenvalue weighted by Crippen LogP contribution is 2.42. The van der Waals surface area contributed by atoms with Crippen molar-refractivity contribution in [1.29, 1.82) is 0 Å². The average Bonchev–Trinajstić information content (AvgIpc) is 3.34. The van der Waals surface area contributed by atoms with Gasteiger partial charge in [-0.15, -0.1) is 0 Å². The van der Waals surface area contributed by atoms with Crippen LogP contribution in [0.1, 0.15) is 50.8 Å². The van der Waals surface area contributed by atoms with E-state index < -0.39 is 35.5 Å². The normalized spacial score (nSPS) is 17.5. The zero-order chi connectivity index (χ0) is 32.0. The first-order valence-electron chi connectivity index (χ1n) is 13.7. The van der Waals surface area contributed by atoms with E-state index in [1.807, 2.05) is 32.2 Å². The summed E-state index contributed by atoms with van der Waals surface area (Å²) < 4.78 is 56.7. The SMILES string of the molecule is CC(C)(C)C1CC(c2cc(-c3ccc(NC(=O)Nc4ncccc4C(F)(F)F)c(F)c3)c3c(N)ncnn23)CCN1C(=O)O. The Kier molecular flexibility index (Phi) is 7.82. The molecule has 3 aromatic heterocycles. The molecule has 2 unspecified atom stereocenters. The van der Waals surface area contributed by atoms with Crippen molar-refractivity contribution in [2.75, 3.05) is 22.9 Å². The Labute approximate surface area is 249 Å². The molecule has 3 amide bonds. The Bertz CT molecular complexity index is 1730. The molecule has 4 heterocycles. The van der Waals surface area contributed by atoms with E-state index in [2.05, 4.69) is 20.4 Å². The van der Waals surface area contributed by atoms with Crippen LogP contribution in [0.2, 0.25) is 0 Å². The first kappa shape index (κ1) is 30.5. The fourth-order valence-electron chi connectivity index (χ4n) is 5.67. The molecule has 0 aliphatic carbocycles. The highest BCUT2D eigenvalue weighted by molar-refractivity contribution is 6.00. The van der Waals surface area contributed by atoms with Gasteiger partial charge < -0.3 is 21.1 Å². The number of fused-ring (bicyclic) bond motifs is 1. The maximum Gasteiger partial charge on any atom is 0.419 e. The lowest BCUT2D eigenvalue weighted by Gasteiger charge is -2.44. The van der Waals surface area contributed by atoms with Crippen molar-refractivity contribution in [3.8, 4) is 11.1 Å². The van der Waals surface area contributed by atoms with Crippen molar-refractivity contribution in [1.82, 2.24) is 24.5 Å². The van der Waals surface area contributed by atoms with Gasteiger partial charge in [0.1, 0.15) is 23.5 Å². The summed E-state index contributed by atoms with van der Waals surface area (Å²) in [6, 6.07) is 6.26. The maximum absolute atomic E-state index is 15.3. The molecule has 11 nitrogen and oxygen atoms in total. The number of likely N-dealkylation sites (tertiary alicyclic amines) is 1. The van der Waals surface area contributed by atoms with Crippen molar-refractivity contribution in [3.63, 3.8) is 0 Å². The number of benzene rings is 1. The van der Waals surface area contributed by atoms with Gasteiger partial charge in [-0.05, 0) is 54.2 Å². The molecule has 0 bridgehead atoms. The van der Waals surface area contributed by atoms with E-state index in [0.717, 1.165) is 30.1 Å². The lowest BCUT2D eigenvalue weighted by molar-refractivity contribution is -0.137. The van der Waals surface area contributed by atoms with Crippen LogP contribution in [-0.4, -0.2) is 54.3 Å². The number of hydrogen-bond acceptors (Lipinski definition) is 6. The Hall–Kier alpha value is -4.95. The van der Waals surface area contributed by atoms with Crippen molar-refractivity contribution in [2.24, 2.45) is 5.41 Å². The summed E-state index contributed by atoms with van der Waals surface area (Å²) in [5, 5.41) is 18.4. The van der Waals surface area contributed by atoms with Gasteiger partial charge in [-0.3, -0.25) is 5.32 Å². The number of nitrogens with zero attached hydrogens (tertiary/aromatic N) is 5. The number of nitrogens with one attached hydrogen (secondary N) is 2. The number of aromatic nitrogens is 4. The van der Waals surface area contributed by atoms with Crippen LogP contribution in [0.4, 0.5) is 44.5 Å². The van der Waals surface area contributed by atoms with Crippen LogP contribution in [0.25, 0.3) is 16.6 Å². The van der Waals surface area contributed by atoms with E-state index in [1.54, 1.807) is 4.52 Å². The molecule has 44 heavy (non-hydrogen) atoms. The number of hydrogen-bond donors (Lipinski definition) is 4. The Morgan fingerprint density at radius 1 is 1.09 bits per heavy atom. The number of amides is 3. The van der Waals surface area contributed by atoms with Gasteiger partial charge in [0.15, 0.2) is 5.82 Å². The van der Waals surface area contributed by atoms with Crippen molar-refractivity contribution in [3.05, 3.63) is 66.0 Å². The predicted molar refractivity (Wildman–Crippen MR) is 155 cm³/mol. The van der Waals surface area contributed by atoms with Crippen molar-refractivity contribution in [2.45, 2.75) is 51.7 Å². The van der Waals surface area contributed by atoms with Crippen molar-refractivity contribution < 1.29 is 32.3 Å². The summed E-state index contributed by atoms with van der Waals surface area (Å²) in [5.41, 5.74) is 6.59. The molecule has 5 rings (SSSR count). The summed E-state index contributed by atoms with van der Waals surface area (Å²) >= 11 is 0. The van der Waals surface area contributed by atoms with E-state index in [1.165, 1.54) is 23.4 Å². The molecule has 5 N–H and O–H groups in total. The third kappa shape index (κ3) is 5.94. The van der Waals surface area contributed by atoms with Crippen LogP contribution < -0.4 is 16.4 Å². The topological polar surface area (TPSA) is 151 Å². The van der Waals surface area contributed by atoms with Gasteiger partial charge >= 0.3 is 18.3 Å². The number of halogens is 4. The van der Waals surface area contributed by atoms with E-state index in [9.17, 15) is 27.9 Å². The smallest absolute Gasteiger partial charge is 0.419 e. The molecule has 0 spiro atoms. The van der Waals surface area contributed by atoms with E-state index in [0.29, 0.717) is 36.0 Å². The molecule has 1 aliphatic rings. The average molecular weight is 615 g/mol. The molecule has 4 aromatic rings. The van der Waals surface area contributed by atoms with Crippen LogP contribution >= 0.6 is 0 Å². The van der Waals surface area contributed by atoms with E-state index in [4.69, 9.17) is 5.73 Å². The molecule has 1 aliphatic heterocycles. The van der Waals surface area contributed by atoms with Gasteiger partial charge in [0, 0.05) is 36.0 Å². The number of alkyl halides is 3. The standard InChI is InChI=1S/C29H30F4N8O3/c1-28(2,3)22-12-16(8-10-40(22)27(43)44)21-13-17(23-24(34)36-14-37-41(21)23)15-6-7-20(19(30)11-15)38-26(42)39-25-18(29(31,32)33)5-4-9-35-25/h4-7,9,11,13-14,16,22H,8,10,12H2,1-3H3,(H,43,44)(H2,34,36,37)(H2,35,38,39,42). The van der Waals surface area contributed by atoms with Crippen LogP contribution in [0.5, 0.6) is 0 Å². The molecule has 15 heteroatoms. The molecular weight excluding hydrogens is 584 g/mol. The summed E-state index contributed by atoms with van der Waals surface area (Å²) in [7, 11) is 0. The molecule has 1 fully saturated rings. The first-order valence-corrected chi connectivity index (χ1v) is 13.7. The highest BCUT2D eigenvalue weighted by Gasteiger charge is 2.40. The van der Waals surface area contributed by atoms with Crippen molar-refractivity contribution >= 4 is 35.0 Å². The van der Waals surface area contributed by atoms with Crippen LogP contribution in [0.3, 0.4) is 0 Å². The van der Waals surface area contributed by atoms with Crippen LogP contribution in [-0.2, 0) is 6.18 Å². The number of carbonyl (C=O) groups is 2. The van der Waals surface area contributed by atoms with Gasteiger partial charge in [-0.2, -0.15) is 18.3 Å². The predicted octanol–water partition coefficient (Wildman–Crippen LogP) is 6.45. The molecule has 2 atom stereocenters. The Balaban J connectivity index is 1.44. The van der Waals surface area contributed by atoms with Gasteiger partial charge in [0.25, 0.3) is 0 Å². The van der Waals surface area contributed by atoms with Gasteiger partial charge in [0.2, 0.25) is 0 Å². The summed E-state index contributed by atoms with van der Waals surface area (Å²) in [6.45, 7) is 6.29. The maximum atomic E-state index is 15.3. The summed E-state index contributed by atoms with van der Waals surface area (Å²) in [4.78, 5) is 33.5. The largest absolute Gasteiger partial charge is 0.465 e. The second-order valence-corrected chi connectivity index (χ2v) is 11.6. The molecule has 1 aromatic carbocycles. The fraction of sp³-hybridized carbons (Fsp3) is 0.345. The summed E-state index contributed by atoms with van der Waals surface area (Å²) in [5.74, 6) is -1.52. The van der Waals surface area contributed by atoms with E-state index in [-0.39, 0.29) is 28.9 Å². The highest BCUT2D eigenvalue weighted by atomic mass is 19.4. The number of carbonyl (C=O) groups excluding carboxylic acids is 1. The number of nitrogen functional groups attached to an aromatic ring is 1. The number of urea groups is 1. The van der Waals surface area contributed by atoms with Gasteiger partial charge in [0.05, 0.1) is 11.3 Å². The zero-order valence-electron chi connectivity index (χ0n) is 24.0. The number of nitrogens with two attached hydrogens (primary N) is 1. The quantitative estimate of drug-likeness (QED) is 0.193. The number of piperidine rings is 1. The molecule has 232 valence electrons. The molecular formula is C29H30F4N8O3. The van der Waals surface area contributed by atoms with Crippen LogP contribution in [0, 0.1) is 11.2 Å². The van der Waals surface area contributed by atoms with Gasteiger partial charge in [-0.1, -0.05) is 26.8 Å². The van der Waals surface area contributed by atoms with Gasteiger partial charge in [-0.25, -0.2) is 28.5 Å². The Morgan fingerprint density at radius 3 is 2.50 bits per heavy atom. The monoisotopic (exact) mass is 614 g/mol. The molecule has 0 saturated carbocycles. The Morgan fingerprint density at radius 2 is 1.84 bits per heavy atom. The summed E-state index contributed by atoms with van der Waals surface area (Å²) in [6.07, 6.45) is -2.27. The second kappa shape index (κ2) is 11.3. The number of pyridine rings is 1. The third-order valence-electron chi connectivity index (χ3n) is 7.75. The minimum Gasteiger partial charge on any atom is -0.465 e. The lowest BCUT2D eigenvalue weighted by atomic mass is 9.76. The van der Waals surface area contributed by atoms with E-state index >= 15 is 4.39 Å². The minimum atomic E-state index is -4.75. The number of rotatable bonds is 4. The number of anilines is 3. The molecule has 1 saturated heterocycles. The zero-order valence-corrected chi connectivity index (χ0v) is 24.0. The number of carboxylic acid groups (broad SMARTS) is 1. The van der Waals surface area contributed by atoms with Crippen LogP contribution in [0.15, 0.2) is 48.9 Å². The second-order valence-electron chi connectivity index (χ2n) is 11.6. The first-order chi connectivity index (χ1) is 20.6. The lowest BCUT2D eigenvalue weighted by Crippen LogP contribution is -2.51. The minimum absolute atomic E-state index is 0.0898. The fourth-order valence-corrected chi connectivity index (χ4v) is 5.67. The third-order valence-corrected chi connectivity index (χ3v) is 7.75.